The summed E-state index contributed by atoms with van der Waals surface area (Å²) in [6, 6.07) is 14.4. The summed E-state index contributed by atoms with van der Waals surface area (Å²) in [7, 11) is -2.42. The third-order valence-corrected chi connectivity index (χ3v) is 8.04. The summed E-state index contributed by atoms with van der Waals surface area (Å²) in [6.45, 7) is 2.06. The van der Waals surface area contributed by atoms with E-state index < -0.39 is 15.9 Å². The Bertz CT molecular complexity index is 1130. The van der Waals surface area contributed by atoms with Crippen LogP contribution in [0.2, 0.25) is 0 Å². The highest BCUT2D eigenvalue weighted by Crippen LogP contribution is 2.31. The third-order valence-electron chi connectivity index (χ3n) is 6.12. The van der Waals surface area contributed by atoms with Gasteiger partial charge < -0.3 is 19.7 Å². The average molecular weight is 488 g/mol. The van der Waals surface area contributed by atoms with Gasteiger partial charge in [-0.3, -0.25) is 9.59 Å². The molecule has 0 aliphatic carbocycles. The lowest BCUT2D eigenvalue weighted by molar-refractivity contribution is -0.128. The number of methoxy groups -OCH3 is 1. The SMILES string of the molecule is COc1ccc(NC(=O)[C@H]2CC(=O)N(CCc3ccccc3)C2)cc1S(=O)(=O)N1CCOCC1. The summed E-state index contributed by atoms with van der Waals surface area (Å²) in [5.41, 5.74) is 1.48. The summed E-state index contributed by atoms with van der Waals surface area (Å²) in [5.74, 6) is -0.658. The highest BCUT2D eigenvalue weighted by atomic mass is 32.2. The Hall–Kier alpha value is -2.95. The standard InChI is InChI=1S/C24H29N3O6S/c1-32-21-8-7-20(16-22(21)34(30,31)27-11-13-33-14-12-27)25-24(29)19-15-23(28)26(17-19)10-9-18-5-3-2-4-6-18/h2-8,16,19H,9-15,17H2,1H3,(H,25,29)/t19-/m0/s1. The molecule has 2 aromatic rings. The van der Waals surface area contributed by atoms with E-state index in [1.807, 2.05) is 30.3 Å². The van der Waals surface area contributed by atoms with E-state index in [0.29, 0.717) is 32.0 Å². The molecule has 0 bridgehead atoms. The van der Waals surface area contributed by atoms with E-state index >= 15 is 0 Å². The third kappa shape index (κ3) is 5.40. The second-order valence-electron chi connectivity index (χ2n) is 8.35. The van der Waals surface area contributed by atoms with Crippen molar-refractivity contribution < 1.29 is 27.5 Å². The van der Waals surface area contributed by atoms with Crippen molar-refractivity contribution in [2.75, 3.05) is 51.8 Å². The summed E-state index contributed by atoms with van der Waals surface area (Å²) >= 11 is 0. The smallest absolute Gasteiger partial charge is 0.246 e. The minimum atomic E-state index is -3.82. The molecule has 2 aliphatic heterocycles. The lowest BCUT2D eigenvalue weighted by Crippen LogP contribution is -2.40. The first kappa shape index (κ1) is 24.2. The van der Waals surface area contributed by atoms with E-state index in [4.69, 9.17) is 9.47 Å². The summed E-state index contributed by atoms with van der Waals surface area (Å²) < 4.78 is 38.2. The molecule has 2 fully saturated rings. The molecule has 0 unspecified atom stereocenters. The van der Waals surface area contributed by atoms with Crippen molar-refractivity contribution in [1.29, 1.82) is 0 Å². The molecule has 182 valence electrons. The number of amides is 2. The molecular weight excluding hydrogens is 458 g/mol. The molecule has 4 rings (SSSR count). The van der Waals surface area contributed by atoms with Gasteiger partial charge in [-0.15, -0.1) is 0 Å². The van der Waals surface area contributed by atoms with Gasteiger partial charge in [0, 0.05) is 38.3 Å². The fourth-order valence-electron chi connectivity index (χ4n) is 4.20. The van der Waals surface area contributed by atoms with Gasteiger partial charge >= 0.3 is 0 Å². The van der Waals surface area contributed by atoms with Crippen LogP contribution >= 0.6 is 0 Å². The van der Waals surface area contributed by atoms with Crippen LogP contribution in [0.25, 0.3) is 0 Å². The zero-order valence-corrected chi connectivity index (χ0v) is 19.9. The van der Waals surface area contributed by atoms with E-state index in [1.54, 1.807) is 11.0 Å². The number of ether oxygens (including phenoxy) is 2. The molecule has 2 saturated heterocycles. The number of likely N-dealkylation sites (tertiary alicyclic amines) is 1. The van der Waals surface area contributed by atoms with Crippen molar-refractivity contribution in [3.63, 3.8) is 0 Å². The molecule has 9 nitrogen and oxygen atoms in total. The lowest BCUT2D eigenvalue weighted by Gasteiger charge is -2.27. The van der Waals surface area contributed by atoms with Crippen molar-refractivity contribution in [3.8, 4) is 5.75 Å². The molecule has 10 heteroatoms. The molecule has 2 heterocycles. The molecule has 0 spiro atoms. The minimum absolute atomic E-state index is 0.0123. The number of hydrogen-bond donors (Lipinski definition) is 1. The number of nitrogens with one attached hydrogen (secondary N) is 1. The number of hydrogen-bond acceptors (Lipinski definition) is 6. The van der Waals surface area contributed by atoms with Crippen LogP contribution in [0.4, 0.5) is 5.69 Å². The monoisotopic (exact) mass is 487 g/mol. The first-order chi connectivity index (χ1) is 16.4. The fraction of sp³-hybridized carbons (Fsp3) is 0.417. The second-order valence-corrected chi connectivity index (χ2v) is 10.3. The molecule has 0 saturated carbocycles. The molecule has 0 aromatic heterocycles. The molecule has 34 heavy (non-hydrogen) atoms. The Balaban J connectivity index is 1.42. The van der Waals surface area contributed by atoms with E-state index in [-0.39, 0.29) is 42.0 Å². The maximum absolute atomic E-state index is 13.2. The molecule has 2 aromatic carbocycles. The van der Waals surface area contributed by atoms with E-state index in [2.05, 4.69) is 5.32 Å². The molecular formula is C24H29N3O6S. The van der Waals surface area contributed by atoms with E-state index in [0.717, 1.165) is 12.0 Å². The van der Waals surface area contributed by atoms with E-state index in [9.17, 15) is 18.0 Å². The number of carbonyl (C=O) groups is 2. The number of morpholine rings is 1. The second kappa shape index (κ2) is 10.5. The topological polar surface area (TPSA) is 105 Å². The molecule has 1 atom stereocenters. The summed E-state index contributed by atoms with van der Waals surface area (Å²) in [5, 5.41) is 2.78. The Morgan fingerprint density at radius 3 is 2.59 bits per heavy atom. The van der Waals surface area contributed by atoms with Gasteiger partial charge in [-0.25, -0.2) is 8.42 Å². The Labute approximate surface area is 199 Å². The van der Waals surface area contributed by atoms with E-state index in [1.165, 1.54) is 23.5 Å². The van der Waals surface area contributed by atoms with Gasteiger partial charge in [0.2, 0.25) is 21.8 Å². The first-order valence-corrected chi connectivity index (χ1v) is 12.7. The van der Waals surface area contributed by atoms with Crippen molar-refractivity contribution in [2.45, 2.75) is 17.7 Å². The van der Waals surface area contributed by atoms with Crippen LogP contribution in [-0.4, -0.2) is 75.9 Å². The zero-order chi connectivity index (χ0) is 24.1. The van der Waals surface area contributed by atoms with Crippen LogP contribution in [-0.2, 0) is 30.8 Å². The van der Waals surface area contributed by atoms with Crippen LogP contribution in [0.15, 0.2) is 53.4 Å². The van der Waals surface area contributed by atoms with Crippen LogP contribution in [0.1, 0.15) is 12.0 Å². The van der Waals surface area contributed by atoms with Gasteiger partial charge in [0.05, 0.1) is 26.2 Å². The number of rotatable bonds is 8. The molecule has 0 radical (unpaired) electrons. The van der Waals surface area contributed by atoms with Gasteiger partial charge in [0.1, 0.15) is 10.6 Å². The van der Waals surface area contributed by atoms with Crippen LogP contribution in [0.5, 0.6) is 5.75 Å². The Morgan fingerprint density at radius 1 is 1.15 bits per heavy atom. The predicted molar refractivity (Wildman–Crippen MR) is 126 cm³/mol. The summed E-state index contributed by atoms with van der Waals surface area (Å²) in [6.07, 6.45) is 0.859. The quantitative estimate of drug-likeness (QED) is 0.608. The molecule has 2 amide bonds. The van der Waals surface area contributed by atoms with Gasteiger partial charge in [-0.1, -0.05) is 30.3 Å². The highest BCUT2D eigenvalue weighted by Gasteiger charge is 2.34. The number of anilines is 1. The first-order valence-electron chi connectivity index (χ1n) is 11.3. The van der Waals surface area contributed by atoms with Crippen LogP contribution < -0.4 is 10.1 Å². The van der Waals surface area contributed by atoms with Gasteiger partial charge in [-0.2, -0.15) is 4.31 Å². The number of carbonyl (C=O) groups excluding carboxylic acids is 2. The highest BCUT2D eigenvalue weighted by molar-refractivity contribution is 7.89. The van der Waals surface area contributed by atoms with Crippen molar-refractivity contribution in [2.24, 2.45) is 5.92 Å². The normalized spacial score (nSPS) is 19.3. The van der Waals surface area contributed by atoms with Crippen molar-refractivity contribution in [1.82, 2.24) is 9.21 Å². The molecule has 2 aliphatic rings. The number of benzene rings is 2. The minimum Gasteiger partial charge on any atom is -0.495 e. The molecule has 1 N–H and O–H groups in total. The Morgan fingerprint density at radius 2 is 1.88 bits per heavy atom. The van der Waals surface area contributed by atoms with Gasteiger partial charge in [-0.05, 0) is 30.2 Å². The summed E-state index contributed by atoms with van der Waals surface area (Å²) in [4.78, 5) is 27.0. The van der Waals surface area contributed by atoms with Crippen LogP contribution in [0.3, 0.4) is 0 Å². The number of sulfonamides is 1. The Kier molecular flexibility index (Phi) is 7.50. The fourth-order valence-corrected chi connectivity index (χ4v) is 5.79. The maximum Gasteiger partial charge on any atom is 0.246 e. The number of nitrogens with zero attached hydrogens (tertiary/aromatic N) is 2. The predicted octanol–water partition coefficient (Wildman–Crippen LogP) is 1.75. The zero-order valence-electron chi connectivity index (χ0n) is 19.1. The average Bonchev–Trinajstić information content (AvgIpc) is 3.24. The largest absolute Gasteiger partial charge is 0.495 e. The van der Waals surface area contributed by atoms with Crippen molar-refractivity contribution in [3.05, 3.63) is 54.1 Å². The van der Waals surface area contributed by atoms with Gasteiger partial charge in [0.25, 0.3) is 0 Å². The van der Waals surface area contributed by atoms with Crippen molar-refractivity contribution >= 4 is 27.5 Å². The van der Waals surface area contributed by atoms with Gasteiger partial charge in [0.15, 0.2) is 0 Å². The maximum atomic E-state index is 13.2. The van der Waals surface area contributed by atoms with Crippen LogP contribution in [0, 0.1) is 5.92 Å². The lowest BCUT2D eigenvalue weighted by atomic mass is 10.1.